The van der Waals surface area contributed by atoms with Gasteiger partial charge in [0.25, 0.3) is 5.91 Å². The van der Waals surface area contributed by atoms with E-state index in [4.69, 9.17) is 11.6 Å². The number of carbonyl (C=O) groups excluding carboxylic acids is 2. The third kappa shape index (κ3) is 4.97. The molecule has 0 spiro atoms. The first-order valence-corrected chi connectivity index (χ1v) is 8.60. The van der Waals surface area contributed by atoms with Crippen molar-refractivity contribution in [2.24, 2.45) is 0 Å². The van der Waals surface area contributed by atoms with E-state index in [1.54, 1.807) is 18.2 Å². The molecule has 0 saturated heterocycles. The van der Waals surface area contributed by atoms with Gasteiger partial charge in [-0.05, 0) is 43.5 Å². The average molecular weight is 358 g/mol. The highest BCUT2D eigenvalue weighted by Crippen LogP contribution is 2.24. The first-order valence-electron chi connectivity index (χ1n) is 8.22. The van der Waals surface area contributed by atoms with E-state index in [9.17, 15) is 9.59 Å². The molecule has 0 bridgehead atoms. The monoisotopic (exact) mass is 357 g/mol. The average Bonchev–Trinajstić information content (AvgIpc) is 3.39. The minimum atomic E-state index is -0.336. The molecule has 6 heteroatoms. The van der Waals surface area contributed by atoms with Crippen LogP contribution < -0.4 is 16.0 Å². The lowest BCUT2D eigenvalue weighted by Gasteiger charge is -2.11. The van der Waals surface area contributed by atoms with Crippen LogP contribution in [0.1, 0.15) is 34.3 Å². The Morgan fingerprint density at radius 2 is 1.96 bits per heavy atom. The van der Waals surface area contributed by atoms with Crippen molar-refractivity contribution in [2.45, 2.75) is 32.4 Å². The Morgan fingerprint density at radius 3 is 2.68 bits per heavy atom. The van der Waals surface area contributed by atoms with Crippen LogP contribution in [0.2, 0.25) is 5.02 Å². The zero-order chi connectivity index (χ0) is 17.8. The first kappa shape index (κ1) is 17.3. The topological polar surface area (TPSA) is 70.2 Å². The van der Waals surface area contributed by atoms with Gasteiger partial charge in [-0.2, -0.15) is 0 Å². The second-order valence-electron chi connectivity index (χ2n) is 6.24. The van der Waals surface area contributed by atoms with Crippen LogP contribution in [0.5, 0.6) is 0 Å². The first-order chi connectivity index (χ1) is 12.0. The predicted molar refractivity (Wildman–Crippen MR) is 99.0 cm³/mol. The quantitative estimate of drug-likeness (QED) is 0.760. The van der Waals surface area contributed by atoms with Crippen molar-refractivity contribution in [2.75, 3.05) is 5.32 Å². The molecule has 0 aromatic heterocycles. The molecule has 0 atom stereocenters. The summed E-state index contributed by atoms with van der Waals surface area (Å²) in [6.07, 6.45) is 2.01. The number of urea groups is 1. The number of hydrogen-bond acceptors (Lipinski definition) is 2. The van der Waals surface area contributed by atoms with Gasteiger partial charge in [0, 0.05) is 18.3 Å². The lowest BCUT2D eigenvalue weighted by Crippen LogP contribution is -2.29. The Bertz CT molecular complexity index is 803. The maximum atomic E-state index is 12.2. The summed E-state index contributed by atoms with van der Waals surface area (Å²) < 4.78 is 0. The minimum absolute atomic E-state index is 0.212. The number of amides is 3. The molecular weight excluding hydrogens is 338 g/mol. The smallest absolute Gasteiger partial charge is 0.319 e. The van der Waals surface area contributed by atoms with Gasteiger partial charge in [0.15, 0.2) is 0 Å². The standard InChI is InChI=1S/C19H20ClN3O2/c1-12-3-2-4-13(9-12)11-21-19(25)23-15-7-8-17(20)16(10-15)18(24)22-14-5-6-14/h2-4,7-10,14H,5-6,11H2,1H3,(H,22,24)(H2,21,23,25). The molecule has 3 rings (SSSR count). The molecule has 2 aromatic rings. The van der Waals surface area contributed by atoms with Crippen LogP contribution in [-0.4, -0.2) is 18.0 Å². The fourth-order valence-electron chi connectivity index (χ4n) is 2.45. The van der Waals surface area contributed by atoms with E-state index >= 15 is 0 Å². The zero-order valence-electron chi connectivity index (χ0n) is 13.9. The van der Waals surface area contributed by atoms with Gasteiger partial charge in [0.1, 0.15) is 0 Å². The van der Waals surface area contributed by atoms with E-state index in [0.29, 0.717) is 22.8 Å². The van der Waals surface area contributed by atoms with E-state index in [-0.39, 0.29) is 18.0 Å². The van der Waals surface area contributed by atoms with Crippen molar-refractivity contribution < 1.29 is 9.59 Å². The van der Waals surface area contributed by atoms with E-state index in [0.717, 1.165) is 24.0 Å². The van der Waals surface area contributed by atoms with Gasteiger partial charge < -0.3 is 16.0 Å². The van der Waals surface area contributed by atoms with Crippen LogP contribution in [0, 0.1) is 6.92 Å². The maximum Gasteiger partial charge on any atom is 0.319 e. The number of anilines is 1. The Hall–Kier alpha value is -2.53. The third-order valence-electron chi connectivity index (χ3n) is 3.92. The number of nitrogens with one attached hydrogen (secondary N) is 3. The summed E-state index contributed by atoms with van der Waals surface area (Å²) in [5.41, 5.74) is 3.05. The normalized spacial score (nSPS) is 13.2. The molecule has 3 amide bonds. The van der Waals surface area contributed by atoms with Gasteiger partial charge in [-0.15, -0.1) is 0 Å². The predicted octanol–water partition coefficient (Wildman–Crippen LogP) is 3.86. The van der Waals surface area contributed by atoms with Crippen LogP contribution in [0.4, 0.5) is 10.5 Å². The zero-order valence-corrected chi connectivity index (χ0v) is 14.7. The molecular formula is C19H20ClN3O2. The van der Waals surface area contributed by atoms with Crippen LogP contribution in [0.25, 0.3) is 0 Å². The SMILES string of the molecule is Cc1cccc(CNC(=O)Nc2ccc(Cl)c(C(=O)NC3CC3)c2)c1. The molecule has 1 aliphatic rings. The third-order valence-corrected chi connectivity index (χ3v) is 4.25. The fourth-order valence-corrected chi connectivity index (χ4v) is 2.65. The Kier molecular flexibility index (Phi) is 5.24. The van der Waals surface area contributed by atoms with Gasteiger partial charge in [0.2, 0.25) is 0 Å². The lowest BCUT2D eigenvalue weighted by molar-refractivity contribution is 0.0951. The second kappa shape index (κ2) is 7.57. The van der Waals surface area contributed by atoms with Crippen LogP contribution in [-0.2, 0) is 6.54 Å². The summed E-state index contributed by atoms with van der Waals surface area (Å²) in [5, 5.41) is 8.78. The molecule has 2 aromatic carbocycles. The number of aryl methyl sites for hydroxylation is 1. The number of hydrogen-bond donors (Lipinski definition) is 3. The number of carbonyl (C=O) groups is 2. The molecule has 3 N–H and O–H groups in total. The fraction of sp³-hybridized carbons (Fsp3) is 0.263. The second-order valence-corrected chi connectivity index (χ2v) is 6.65. The summed E-state index contributed by atoms with van der Waals surface area (Å²) in [6, 6.07) is 12.7. The van der Waals surface area contributed by atoms with Gasteiger partial charge >= 0.3 is 6.03 Å². The van der Waals surface area contributed by atoms with Gasteiger partial charge in [0.05, 0.1) is 10.6 Å². The van der Waals surface area contributed by atoms with E-state index in [1.807, 2.05) is 31.2 Å². The Balaban J connectivity index is 1.59. The van der Waals surface area contributed by atoms with Crippen molar-refractivity contribution in [1.29, 1.82) is 0 Å². The van der Waals surface area contributed by atoms with Crippen molar-refractivity contribution in [3.8, 4) is 0 Å². The van der Waals surface area contributed by atoms with Gasteiger partial charge in [-0.1, -0.05) is 41.4 Å². The summed E-state index contributed by atoms with van der Waals surface area (Å²) in [4.78, 5) is 24.2. The molecule has 0 aliphatic heterocycles. The molecule has 0 radical (unpaired) electrons. The van der Waals surface area contributed by atoms with E-state index in [2.05, 4.69) is 16.0 Å². The van der Waals surface area contributed by atoms with E-state index < -0.39 is 0 Å². The van der Waals surface area contributed by atoms with Gasteiger partial charge in [-0.3, -0.25) is 4.79 Å². The number of halogens is 1. The molecule has 5 nitrogen and oxygen atoms in total. The molecule has 25 heavy (non-hydrogen) atoms. The summed E-state index contributed by atoms with van der Waals surface area (Å²) in [6.45, 7) is 2.43. The van der Waals surface area contributed by atoms with Crippen molar-refractivity contribution >= 4 is 29.2 Å². The van der Waals surface area contributed by atoms with E-state index in [1.165, 1.54) is 0 Å². The van der Waals surface area contributed by atoms with Crippen LogP contribution in [0.15, 0.2) is 42.5 Å². The highest BCUT2D eigenvalue weighted by Gasteiger charge is 2.24. The molecule has 1 saturated carbocycles. The van der Waals surface area contributed by atoms with Crippen LogP contribution >= 0.6 is 11.6 Å². The molecule has 1 aliphatic carbocycles. The lowest BCUT2D eigenvalue weighted by atomic mass is 10.1. The van der Waals surface area contributed by atoms with Crippen molar-refractivity contribution in [1.82, 2.24) is 10.6 Å². The Morgan fingerprint density at radius 1 is 1.16 bits per heavy atom. The summed E-state index contributed by atoms with van der Waals surface area (Å²) >= 11 is 6.10. The summed E-state index contributed by atoms with van der Waals surface area (Å²) in [5.74, 6) is -0.212. The Labute approximate surface area is 151 Å². The molecule has 130 valence electrons. The number of benzene rings is 2. The maximum absolute atomic E-state index is 12.2. The molecule has 0 unspecified atom stereocenters. The van der Waals surface area contributed by atoms with Crippen molar-refractivity contribution in [3.63, 3.8) is 0 Å². The highest BCUT2D eigenvalue weighted by molar-refractivity contribution is 6.34. The van der Waals surface area contributed by atoms with Crippen molar-refractivity contribution in [3.05, 3.63) is 64.2 Å². The highest BCUT2D eigenvalue weighted by atomic mass is 35.5. The summed E-state index contributed by atoms with van der Waals surface area (Å²) in [7, 11) is 0. The van der Waals surface area contributed by atoms with Gasteiger partial charge in [-0.25, -0.2) is 4.79 Å². The molecule has 1 fully saturated rings. The van der Waals surface area contributed by atoms with Crippen LogP contribution in [0.3, 0.4) is 0 Å². The largest absolute Gasteiger partial charge is 0.349 e. The number of rotatable bonds is 5. The minimum Gasteiger partial charge on any atom is -0.349 e. The molecule has 0 heterocycles.